The molecule has 1 atom stereocenters. The molecule has 1 aliphatic rings. The zero-order valence-electron chi connectivity index (χ0n) is 15.1. The van der Waals surface area contributed by atoms with Crippen molar-refractivity contribution in [1.29, 1.82) is 0 Å². The third kappa shape index (κ3) is 3.96. The highest BCUT2D eigenvalue weighted by atomic mass is 32.2. The zero-order valence-corrected chi connectivity index (χ0v) is 15.9. The number of amides is 1. The summed E-state index contributed by atoms with van der Waals surface area (Å²) >= 11 is 1.30. The van der Waals surface area contributed by atoms with E-state index in [1.165, 1.54) is 23.9 Å². The van der Waals surface area contributed by atoms with E-state index >= 15 is 0 Å². The van der Waals surface area contributed by atoms with Gasteiger partial charge in [-0.05, 0) is 37.3 Å². The maximum atomic E-state index is 13.5. The number of carbonyl (C=O) groups is 1. The lowest BCUT2D eigenvalue weighted by molar-refractivity contribution is -0.115. The van der Waals surface area contributed by atoms with Gasteiger partial charge in [0.1, 0.15) is 19.0 Å². The summed E-state index contributed by atoms with van der Waals surface area (Å²) in [6.07, 6.45) is 3.36. The van der Waals surface area contributed by atoms with Gasteiger partial charge in [-0.25, -0.2) is 9.37 Å². The van der Waals surface area contributed by atoms with Crippen molar-refractivity contribution >= 4 is 23.4 Å². The van der Waals surface area contributed by atoms with Crippen LogP contribution in [0.4, 0.5) is 10.1 Å². The van der Waals surface area contributed by atoms with Crippen molar-refractivity contribution in [3.05, 3.63) is 60.7 Å². The van der Waals surface area contributed by atoms with Gasteiger partial charge in [0.25, 0.3) is 0 Å². The summed E-state index contributed by atoms with van der Waals surface area (Å²) < 4.78 is 26.3. The molecular weight excluding hydrogens is 381 g/mol. The second kappa shape index (κ2) is 7.93. The summed E-state index contributed by atoms with van der Waals surface area (Å²) in [6.45, 7) is 2.80. The van der Waals surface area contributed by atoms with Crippen LogP contribution >= 0.6 is 11.8 Å². The molecule has 0 spiro atoms. The highest BCUT2D eigenvalue weighted by Crippen LogP contribution is 2.33. The second-order valence-corrected chi connectivity index (χ2v) is 7.48. The van der Waals surface area contributed by atoms with Crippen LogP contribution in [0.1, 0.15) is 6.92 Å². The summed E-state index contributed by atoms with van der Waals surface area (Å²) in [5.41, 5.74) is 1.29. The Hall–Kier alpha value is -3.00. The lowest BCUT2D eigenvalue weighted by Gasteiger charge is -2.19. The first-order valence-corrected chi connectivity index (χ1v) is 9.64. The van der Waals surface area contributed by atoms with Crippen molar-refractivity contribution in [3.63, 3.8) is 0 Å². The molecule has 1 N–H and O–H groups in total. The average molecular weight is 399 g/mol. The van der Waals surface area contributed by atoms with E-state index in [9.17, 15) is 9.18 Å². The largest absolute Gasteiger partial charge is 0.486 e. The topological polar surface area (TPSA) is 65.4 Å². The van der Waals surface area contributed by atoms with Crippen molar-refractivity contribution < 1.29 is 18.7 Å². The van der Waals surface area contributed by atoms with Gasteiger partial charge < -0.3 is 14.8 Å². The fraction of sp³-hybridized carbons (Fsp3) is 0.200. The van der Waals surface area contributed by atoms with E-state index in [2.05, 4.69) is 10.3 Å². The summed E-state index contributed by atoms with van der Waals surface area (Å²) in [7, 11) is 0. The van der Waals surface area contributed by atoms with Crippen LogP contribution in [0.25, 0.3) is 5.69 Å². The first-order valence-electron chi connectivity index (χ1n) is 8.76. The first-order chi connectivity index (χ1) is 13.6. The second-order valence-electron chi connectivity index (χ2n) is 6.17. The van der Waals surface area contributed by atoms with Crippen molar-refractivity contribution in [3.8, 4) is 17.2 Å². The molecule has 0 unspecified atom stereocenters. The van der Waals surface area contributed by atoms with Crippen LogP contribution in [-0.4, -0.2) is 33.9 Å². The summed E-state index contributed by atoms with van der Waals surface area (Å²) in [6, 6.07) is 11.5. The van der Waals surface area contributed by atoms with Gasteiger partial charge in [-0.3, -0.25) is 9.36 Å². The van der Waals surface area contributed by atoms with Gasteiger partial charge in [0.05, 0.1) is 10.9 Å². The molecule has 144 valence electrons. The molecule has 3 aromatic rings. The van der Waals surface area contributed by atoms with E-state index in [-0.39, 0.29) is 11.7 Å². The van der Waals surface area contributed by atoms with Gasteiger partial charge in [-0.2, -0.15) is 0 Å². The van der Waals surface area contributed by atoms with E-state index in [4.69, 9.17) is 9.47 Å². The van der Waals surface area contributed by atoms with E-state index in [0.717, 1.165) is 0 Å². The molecule has 2 aromatic carbocycles. The Morgan fingerprint density at radius 1 is 1.21 bits per heavy atom. The Morgan fingerprint density at radius 2 is 2.04 bits per heavy atom. The van der Waals surface area contributed by atoms with Crippen LogP contribution in [-0.2, 0) is 4.79 Å². The molecule has 0 radical (unpaired) electrons. The summed E-state index contributed by atoms with van der Waals surface area (Å²) in [5.74, 6) is 0.789. The van der Waals surface area contributed by atoms with Crippen LogP contribution in [0.2, 0.25) is 0 Å². The van der Waals surface area contributed by atoms with Crippen molar-refractivity contribution in [2.75, 3.05) is 18.5 Å². The van der Waals surface area contributed by atoms with Crippen molar-refractivity contribution in [1.82, 2.24) is 9.55 Å². The number of benzene rings is 2. The predicted molar refractivity (Wildman–Crippen MR) is 105 cm³/mol. The molecule has 8 heteroatoms. The van der Waals surface area contributed by atoms with Gasteiger partial charge >= 0.3 is 0 Å². The van der Waals surface area contributed by atoms with Crippen molar-refractivity contribution in [2.24, 2.45) is 0 Å². The van der Waals surface area contributed by atoms with Gasteiger partial charge in [0.15, 0.2) is 16.7 Å². The van der Waals surface area contributed by atoms with E-state index in [0.29, 0.717) is 41.2 Å². The fourth-order valence-corrected chi connectivity index (χ4v) is 3.66. The zero-order chi connectivity index (χ0) is 19.5. The maximum Gasteiger partial charge on any atom is 0.237 e. The lowest BCUT2D eigenvalue weighted by atomic mass is 10.2. The first kappa shape index (κ1) is 18.4. The van der Waals surface area contributed by atoms with Gasteiger partial charge in [0.2, 0.25) is 5.91 Å². The van der Waals surface area contributed by atoms with Crippen LogP contribution in [0.3, 0.4) is 0 Å². The molecule has 1 amide bonds. The molecule has 6 nitrogen and oxygen atoms in total. The average Bonchev–Trinajstić information content (AvgIpc) is 3.16. The number of nitrogens with zero attached hydrogens (tertiary/aromatic N) is 2. The number of aromatic nitrogens is 2. The Labute approximate surface area is 165 Å². The van der Waals surface area contributed by atoms with E-state index in [1.807, 2.05) is 0 Å². The Bertz CT molecular complexity index is 1010. The minimum atomic E-state index is -0.414. The molecule has 0 saturated heterocycles. The number of hydrogen-bond donors (Lipinski definition) is 1. The molecule has 2 heterocycles. The Kier molecular flexibility index (Phi) is 5.21. The number of anilines is 1. The van der Waals surface area contributed by atoms with Crippen LogP contribution in [0, 0.1) is 5.82 Å². The summed E-state index contributed by atoms with van der Waals surface area (Å²) in [4.78, 5) is 16.9. The van der Waals surface area contributed by atoms with Gasteiger partial charge in [-0.15, -0.1) is 0 Å². The quantitative estimate of drug-likeness (QED) is 0.659. The van der Waals surface area contributed by atoms with Gasteiger partial charge in [0, 0.05) is 24.1 Å². The number of nitrogens with one attached hydrogen (secondary N) is 1. The molecule has 0 fully saturated rings. The monoisotopic (exact) mass is 399 g/mol. The number of hydrogen-bond acceptors (Lipinski definition) is 5. The van der Waals surface area contributed by atoms with Crippen LogP contribution < -0.4 is 14.8 Å². The molecule has 28 heavy (non-hydrogen) atoms. The molecule has 1 aliphatic heterocycles. The normalized spacial score (nSPS) is 13.8. The molecule has 1 aromatic heterocycles. The highest BCUT2D eigenvalue weighted by molar-refractivity contribution is 8.00. The predicted octanol–water partition coefficient (Wildman–Crippen LogP) is 3.90. The van der Waals surface area contributed by atoms with Gasteiger partial charge in [-0.1, -0.05) is 17.8 Å². The van der Waals surface area contributed by atoms with E-state index < -0.39 is 5.25 Å². The summed E-state index contributed by atoms with van der Waals surface area (Å²) in [5, 5.41) is 3.07. The maximum absolute atomic E-state index is 13.5. The molecule has 0 bridgehead atoms. The lowest BCUT2D eigenvalue weighted by Crippen LogP contribution is -2.23. The third-order valence-electron chi connectivity index (χ3n) is 4.15. The SMILES string of the molecule is C[C@H](Sc1nccn1-c1cccc(F)c1)C(=O)Nc1ccc2c(c1)OCCO2. The van der Waals surface area contributed by atoms with Crippen molar-refractivity contribution in [2.45, 2.75) is 17.3 Å². The number of rotatable bonds is 5. The smallest absolute Gasteiger partial charge is 0.237 e. The fourth-order valence-electron chi connectivity index (χ4n) is 2.78. The molecule has 0 aliphatic carbocycles. The minimum Gasteiger partial charge on any atom is -0.486 e. The van der Waals surface area contributed by atoms with E-state index in [1.54, 1.807) is 54.2 Å². The number of imidazole rings is 1. The molecule has 4 rings (SSSR count). The molecule has 0 saturated carbocycles. The Balaban J connectivity index is 1.45. The van der Waals surface area contributed by atoms with Crippen LogP contribution in [0.5, 0.6) is 11.5 Å². The standard InChI is InChI=1S/C20H18FN3O3S/c1-13(19(25)23-15-5-6-17-18(12-15)27-10-9-26-17)28-20-22-7-8-24(20)16-4-2-3-14(21)11-16/h2-8,11-13H,9-10H2,1H3,(H,23,25)/t13-/m0/s1. The number of halogens is 1. The minimum absolute atomic E-state index is 0.171. The number of carbonyl (C=O) groups excluding carboxylic acids is 1. The number of ether oxygens (including phenoxy) is 2. The number of fused-ring (bicyclic) bond motifs is 1. The highest BCUT2D eigenvalue weighted by Gasteiger charge is 2.19. The van der Waals surface area contributed by atoms with Crippen LogP contribution in [0.15, 0.2) is 60.0 Å². The molecular formula is C20H18FN3O3S. The number of thioether (sulfide) groups is 1. The Morgan fingerprint density at radius 3 is 2.86 bits per heavy atom. The third-order valence-corrected chi connectivity index (χ3v) is 5.23.